The van der Waals surface area contributed by atoms with Crippen molar-refractivity contribution in [3.8, 4) is 17.3 Å². The van der Waals surface area contributed by atoms with Crippen molar-refractivity contribution in [2.75, 3.05) is 0 Å². The Bertz CT molecular complexity index is 1520. The molecule has 0 aliphatic carbocycles. The van der Waals surface area contributed by atoms with Crippen molar-refractivity contribution in [1.82, 2.24) is 25.0 Å². The first-order chi connectivity index (χ1) is 14.8. The smallest absolute Gasteiger partial charge is 0.362 e. The molecule has 0 aliphatic rings. The minimum atomic E-state index is -1.62. The standard InChI is InChI=1S/C18H9Cl2N5O6/c19-10-5-7(25-18(30)21-15(27)12(24-25)17(28)29)6-11(20)13(10)31-16-9-4-2-1-3-8(9)14(26)22-23-16/h1-6H,(H,22,26)(H,28,29)(H,21,27,30). The van der Waals surface area contributed by atoms with Crippen LogP contribution >= 0.6 is 23.2 Å². The number of ether oxygens (including phenoxy) is 1. The Labute approximate surface area is 180 Å². The van der Waals surface area contributed by atoms with Gasteiger partial charge in [0.25, 0.3) is 11.1 Å². The Kier molecular flexibility index (Phi) is 5.05. The number of halogens is 2. The maximum absolute atomic E-state index is 12.1. The lowest BCUT2D eigenvalue weighted by atomic mass is 10.2. The maximum Gasteiger partial charge on any atom is 0.362 e. The van der Waals surface area contributed by atoms with Crippen molar-refractivity contribution in [2.45, 2.75) is 0 Å². The quantitative estimate of drug-likeness (QED) is 0.415. The molecule has 3 N–H and O–H groups in total. The molecule has 11 nitrogen and oxygen atoms in total. The summed E-state index contributed by atoms with van der Waals surface area (Å²) < 4.78 is 6.33. The van der Waals surface area contributed by atoms with Gasteiger partial charge in [0.15, 0.2) is 5.75 Å². The summed E-state index contributed by atoms with van der Waals surface area (Å²) in [5.41, 5.74) is -3.47. The lowest BCUT2D eigenvalue weighted by molar-refractivity contribution is 0.0685. The first-order valence-corrected chi connectivity index (χ1v) is 9.13. The van der Waals surface area contributed by atoms with E-state index in [0.717, 1.165) is 0 Å². The summed E-state index contributed by atoms with van der Waals surface area (Å²) in [4.78, 5) is 48.6. The fourth-order valence-electron chi connectivity index (χ4n) is 2.75. The van der Waals surface area contributed by atoms with Crippen LogP contribution < -0.4 is 21.5 Å². The highest BCUT2D eigenvalue weighted by atomic mass is 35.5. The number of hydrogen-bond donors (Lipinski definition) is 3. The van der Waals surface area contributed by atoms with Crippen LogP contribution in [-0.4, -0.2) is 36.0 Å². The van der Waals surface area contributed by atoms with E-state index in [1.807, 2.05) is 4.98 Å². The Morgan fingerprint density at radius 3 is 2.32 bits per heavy atom. The number of carbonyl (C=O) groups is 1. The number of aromatic amines is 2. The molecule has 13 heteroatoms. The van der Waals surface area contributed by atoms with Crippen molar-refractivity contribution in [2.24, 2.45) is 0 Å². The molecule has 0 radical (unpaired) electrons. The topological polar surface area (TPSA) is 160 Å². The number of aromatic carboxylic acids is 1. The van der Waals surface area contributed by atoms with Crippen molar-refractivity contribution in [3.63, 3.8) is 0 Å². The van der Waals surface area contributed by atoms with Gasteiger partial charge in [0, 0.05) is 0 Å². The minimum absolute atomic E-state index is 0.0228. The van der Waals surface area contributed by atoms with Crippen LogP contribution in [0, 0.1) is 0 Å². The number of aromatic nitrogens is 5. The molecule has 4 aromatic rings. The van der Waals surface area contributed by atoms with Gasteiger partial charge < -0.3 is 9.84 Å². The number of benzene rings is 2. The van der Waals surface area contributed by atoms with Gasteiger partial charge in [-0.25, -0.2) is 14.7 Å². The second kappa shape index (κ2) is 7.70. The average molecular weight is 462 g/mol. The van der Waals surface area contributed by atoms with E-state index in [0.29, 0.717) is 15.5 Å². The monoisotopic (exact) mass is 461 g/mol. The summed E-state index contributed by atoms with van der Waals surface area (Å²) in [6.07, 6.45) is 0. The molecule has 2 aromatic carbocycles. The number of H-pyrrole nitrogens is 2. The highest BCUT2D eigenvalue weighted by Gasteiger charge is 2.19. The van der Waals surface area contributed by atoms with Crippen LogP contribution in [0.1, 0.15) is 10.5 Å². The maximum atomic E-state index is 12.1. The molecule has 156 valence electrons. The van der Waals surface area contributed by atoms with Crippen LogP contribution in [0.5, 0.6) is 11.6 Å². The Morgan fingerprint density at radius 1 is 1.03 bits per heavy atom. The molecule has 0 aliphatic heterocycles. The number of carboxylic acid groups (broad SMARTS) is 1. The average Bonchev–Trinajstić information content (AvgIpc) is 2.72. The number of rotatable bonds is 4. The van der Waals surface area contributed by atoms with E-state index in [1.54, 1.807) is 24.3 Å². The fraction of sp³-hybridized carbons (Fsp3) is 0. The first-order valence-electron chi connectivity index (χ1n) is 8.38. The third-order valence-corrected chi connectivity index (χ3v) is 4.68. The number of carboxylic acids is 1. The zero-order valence-electron chi connectivity index (χ0n) is 15.1. The molecule has 0 spiro atoms. The van der Waals surface area contributed by atoms with Gasteiger partial charge in [-0.3, -0.25) is 14.6 Å². The van der Waals surface area contributed by atoms with E-state index in [2.05, 4.69) is 15.3 Å². The van der Waals surface area contributed by atoms with Crippen LogP contribution in [0.2, 0.25) is 10.0 Å². The van der Waals surface area contributed by atoms with E-state index in [1.165, 1.54) is 12.1 Å². The molecule has 0 fully saturated rings. The SMILES string of the molecule is O=C(O)c1nn(-c2cc(Cl)c(Oc3n[nH]c(=O)c4ccccc34)c(Cl)c2)c(=O)[nH]c1=O. The second-order valence-corrected chi connectivity index (χ2v) is 6.88. The molecule has 4 rings (SSSR count). The summed E-state index contributed by atoms with van der Waals surface area (Å²) in [7, 11) is 0. The van der Waals surface area contributed by atoms with Gasteiger partial charge in [0.1, 0.15) is 0 Å². The van der Waals surface area contributed by atoms with Gasteiger partial charge >= 0.3 is 11.7 Å². The zero-order valence-corrected chi connectivity index (χ0v) is 16.6. The summed E-state index contributed by atoms with van der Waals surface area (Å²) >= 11 is 12.5. The summed E-state index contributed by atoms with van der Waals surface area (Å²) in [6.45, 7) is 0. The minimum Gasteiger partial charge on any atom is -0.476 e. The zero-order chi connectivity index (χ0) is 22.3. The molecular weight excluding hydrogens is 453 g/mol. The van der Waals surface area contributed by atoms with E-state index >= 15 is 0 Å². The summed E-state index contributed by atoms with van der Waals surface area (Å²) in [5, 5.41) is 19.4. The lowest BCUT2D eigenvalue weighted by Crippen LogP contribution is -2.35. The van der Waals surface area contributed by atoms with Crippen molar-refractivity contribution in [1.29, 1.82) is 0 Å². The van der Waals surface area contributed by atoms with E-state index < -0.39 is 28.5 Å². The number of nitrogens with zero attached hydrogens (tertiary/aromatic N) is 3. The summed E-state index contributed by atoms with van der Waals surface area (Å²) in [6, 6.07) is 9.04. The van der Waals surface area contributed by atoms with E-state index in [9.17, 15) is 19.2 Å². The molecule has 0 bridgehead atoms. The fourth-order valence-corrected chi connectivity index (χ4v) is 3.30. The predicted molar refractivity (Wildman–Crippen MR) is 110 cm³/mol. The van der Waals surface area contributed by atoms with E-state index in [-0.39, 0.29) is 27.4 Å². The molecule has 0 saturated carbocycles. The van der Waals surface area contributed by atoms with E-state index in [4.69, 9.17) is 33.0 Å². The van der Waals surface area contributed by atoms with Crippen molar-refractivity contribution >= 4 is 39.9 Å². The van der Waals surface area contributed by atoms with Crippen molar-refractivity contribution < 1.29 is 14.6 Å². The van der Waals surface area contributed by atoms with Gasteiger partial charge in [0.2, 0.25) is 11.6 Å². The molecular formula is C18H9Cl2N5O6. The van der Waals surface area contributed by atoms with Crippen LogP contribution in [0.15, 0.2) is 50.8 Å². The van der Waals surface area contributed by atoms with Crippen LogP contribution in [0.25, 0.3) is 16.5 Å². The molecule has 2 aromatic heterocycles. The normalized spacial score (nSPS) is 10.9. The van der Waals surface area contributed by atoms with Gasteiger partial charge in [-0.15, -0.1) is 5.10 Å². The highest BCUT2D eigenvalue weighted by Crippen LogP contribution is 2.38. The van der Waals surface area contributed by atoms with Crippen LogP contribution in [0.3, 0.4) is 0 Å². The first kappa shape index (κ1) is 20.3. The third kappa shape index (κ3) is 3.67. The number of fused-ring (bicyclic) bond motifs is 1. The van der Waals surface area contributed by atoms with Gasteiger partial charge in [-0.1, -0.05) is 35.3 Å². The van der Waals surface area contributed by atoms with Gasteiger partial charge in [-0.05, 0) is 24.3 Å². The molecule has 31 heavy (non-hydrogen) atoms. The Hall–Kier alpha value is -3.96. The predicted octanol–water partition coefficient (Wildman–Crippen LogP) is 1.95. The molecule has 0 unspecified atom stereocenters. The number of nitrogens with one attached hydrogen (secondary N) is 2. The van der Waals surface area contributed by atoms with Gasteiger partial charge in [-0.2, -0.15) is 9.78 Å². The molecule has 0 amide bonds. The van der Waals surface area contributed by atoms with Crippen LogP contribution in [0.4, 0.5) is 0 Å². The molecule has 0 saturated heterocycles. The number of hydrogen-bond acceptors (Lipinski definition) is 7. The molecule has 2 heterocycles. The lowest BCUT2D eigenvalue weighted by Gasteiger charge is -2.12. The summed E-state index contributed by atoms with van der Waals surface area (Å²) in [5.74, 6) is -1.63. The Balaban J connectivity index is 1.82. The second-order valence-electron chi connectivity index (χ2n) is 6.07. The molecule has 0 atom stereocenters. The highest BCUT2D eigenvalue weighted by molar-refractivity contribution is 6.37. The van der Waals surface area contributed by atoms with Crippen molar-refractivity contribution in [3.05, 3.63) is 83.3 Å². The Morgan fingerprint density at radius 2 is 1.68 bits per heavy atom. The van der Waals surface area contributed by atoms with Crippen LogP contribution in [-0.2, 0) is 0 Å². The van der Waals surface area contributed by atoms with Gasteiger partial charge in [0.05, 0.1) is 26.5 Å². The third-order valence-electron chi connectivity index (χ3n) is 4.12. The largest absolute Gasteiger partial charge is 0.476 e.